The second kappa shape index (κ2) is 6.06. The monoisotopic (exact) mass is 389 g/mol. The third-order valence-electron chi connectivity index (χ3n) is 3.86. The number of para-hydroxylation sites is 1. The van der Waals surface area contributed by atoms with Crippen LogP contribution < -0.4 is 14.3 Å². The Labute approximate surface area is 152 Å². The Hall–Kier alpha value is -3.47. The Morgan fingerprint density at radius 3 is 2.74 bits per heavy atom. The molecular weight excluding hydrogens is 377 g/mol. The van der Waals surface area contributed by atoms with E-state index >= 15 is 0 Å². The first-order chi connectivity index (χ1) is 12.8. The summed E-state index contributed by atoms with van der Waals surface area (Å²) in [5.41, 5.74) is 0.169. The first-order valence-corrected chi connectivity index (χ1v) is 9.12. The second-order valence-corrected chi connectivity index (χ2v) is 7.34. The summed E-state index contributed by atoms with van der Waals surface area (Å²) >= 11 is 0. The Bertz CT molecular complexity index is 1160. The molecule has 0 atom stereocenters. The Morgan fingerprint density at radius 1 is 1.26 bits per heavy atom. The smallest absolute Gasteiger partial charge is 0.326 e. The van der Waals surface area contributed by atoms with Crippen LogP contribution in [-0.2, 0) is 15.0 Å². The van der Waals surface area contributed by atoms with E-state index in [0.29, 0.717) is 9.82 Å². The van der Waals surface area contributed by atoms with Crippen molar-refractivity contribution in [3.05, 3.63) is 48.4 Å². The molecule has 1 fully saturated rings. The van der Waals surface area contributed by atoms with Gasteiger partial charge in [-0.2, -0.15) is 8.42 Å². The summed E-state index contributed by atoms with van der Waals surface area (Å²) in [5.74, 6) is -2.33. The molecule has 27 heavy (non-hydrogen) atoms. The maximum absolute atomic E-state index is 14.5. The first kappa shape index (κ1) is 17.0. The molecule has 0 saturated carbocycles. The van der Waals surface area contributed by atoms with Crippen LogP contribution >= 0.6 is 0 Å². The number of hydrogen-bond donors (Lipinski definition) is 3. The lowest BCUT2D eigenvalue weighted by molar-refractivity contribution is -0.117. The van der Waals surface area contributed by atoms with Crippen LogP contribution in [0, 0.1) is 5.82 Å². The minimum Gasteiger partial charge on any atom is -0.506 e. The number of carbonyl (C=O) groups excluding carboxylic acids is 1. The molecule has 0 bridgehead atoms. The van der Waals surface area contributed by atoms with Gasteiger partial charge in [0.1, 0.15) is 18.0 Å². The van der Waals surface area contributed by atoms with E-state index in [-0.39, 0.29) is 11.6 Å². The van der Waals surface area contributed by atoms with Crippen molar-refractivity contribution in [1.82, 2.24) is 14.7 Å². The van der Waals surface area contributed by atoms with Gasteiger partial charge in [-0.05, 0) is 12.1 Å². The van der Waals surface area contributed by atoms with Gasteiger partial charge in [0.2, 0.25) is 5.95 Å². The fraction of sp³-hybridized carbons (Fsp3) is 0.0625. The fourth-order valence-electron chi connectivity index (χ4n) is 2.71. The molecule has 0 radical (unpaired) electrons. The number of nitrogens with one attached hydrogen (secondary N) is 2. The number of aromatic hydroxyl groups is 1. The number of hydrogen-bond acceptors (Lipinski definition) is 7. The van der Waals surface area contributed by atoms with E-state index in [0.717, 1.165) is 17.5 Å². The lowest BCUT2D eigenvalue weighted by Gasteiger charge is -2.18. The quantitative estimate of drug-likeness (QED) is 0.618. The van der Waals surface area contributed by atoms with Crippen molar-refractivity contribution < 1.29 is 22.7 Å². The molecule has 2 heterocycles. The number of benzene rings is 2. The van der Waals surface area contributed by atoms with E-state index in [1.54, 1.807) is 17.0 Å². The lowest BCUT2D eigenvalue weighted by Crippen LogP contribution is -2.30. The average Bonchev–Trinajstić information content (AvgIpc) is 2.86. The number of rotatable bonds is 3. The van der Waals surface area contributed by atoms with E-state index in [1.807, 2.05) is 18.2 Å². The molecule has 2 aromatic carbocycles. The molecule has 3 aromatic rings. The maximum Gasteiger partial charge on any atom is 0.326 e. The molecule has 0 spiro atoms. The van der Waals surface area contributed by atoms with Gasteiger partial charge in [-0.15, -0.1) is 0 Å². The summed E-state index contributed by atoms with van der Waals surface area (Å²) in [5, 5.41) is 13.7. The highest BCUT2D eigenvalue weighted by atomic mass is 32.2. The zero-order valence-electron chi connectivity index (χ0n) is 13.5. The standard InChI is InChI=1S/C16H12FN5O4S/c17-11-5-10(19-16-18-7-9-3-1-2-4-12(9)20-16)6-13(23)15(11)22-8-14(24)21-27(22,25)26/h1-7,23H,8H2,(H,21,24)(H,18,19,20). The summed E-state index contributed by atoms with van der Waals surface area (Å²) in [6.07, 6.45) is 1.59. The van der Waals surface area contributed by atoms with Crippen LogP contribution in [-0.4, -0.2) is 35.9 Å². The summed E-state index contributed by atoms with van der Waals surface area (Å²) < 4.78 is 40.4. The van der Waals surface area contributed by atoms with Crippen molar-refractivity contribution in [3.8, 4) is 5.75 Å². The minimum atomic E-state index is -4.24. The van der Waals surface area contributed by atoms with Crippen LogP contribution in [0.4, 0.5) is 21.7 Å². The van der Waals surface area contributed by atoms with Gasteiger partial charge in [-0.25, -0.2) is 23.4 Å². The molecule has 0 unspecified atom stereocenters. The molecular formula is C16H12FN5O4S. The predicted molar refractivity (Wildman–Crippen MR) is 95.3 cm³/mol. The summed E-state index contributed by atoms with van der Waals surface area (Å²) in [7, 11) is -4.24. The van der Waals surface area contributed by atoms with Gasteiger partial charge in [0, 0.05) is 23.3 Å². The van der Waals surface area contributed by atoms with Crippen LogP contribution in [0.5, 0.6) is 5.75 Å². The first-order valence-electron chi connectivity index (χ1n) is 7.68. The normalized spacial score (nSPS) is 15.7. The summed E-state index contributed by atoms with van der Waals surface area (Å²) in [6, 6.07) is 9.38. The van der Waals surface area contributed by atoms with E-state index < -0.39 is 39.9 Å². The van der Waals surface area contributed by atoms with E-state index in [1.165, 1.54) is 0 Å². The number of amides is 1. The fourth-order valence-corrected chi connectivity index (χ4v) is 3.88. The molecule has 11 heteroatoms. The molecule has 138 valence electrons. The average molecular weight is 389 g/mol. The lowest BCUT2D eigenvalue weighted by atomic mass is 10.2. The molecule has 9 nitrogen and oxygen atoms in total. The molecule has 1 saturated heterocycles. The number of anilines is 3. The molecule has 1 amide bonds. The number of phenols is 1. The van der Waals surface area contributed by atoms with Gasteiger partial charge in [-0.3, -0.25) is 4.79 Å². The third kappa shape index (κ3) is 3.08. The zero-order chi connectivity index (χ0) is 19.2. The van der Waals surface area contributed by atoms with Crippen molar-refractivity contribution in [2.45, 2.75) is 0 Å². The highest BCUT2D eigenvalue weighted by molar-refractivity contribution is 7.92. The number of halogens is 1. The minimum absolute atomic E-state index is 0.111. The number of carbonyl (C=O) groups is 1. The number of nitrogens with zero attached hydrogens (tertiary/aromatic N) is 3. The second-order valence-electron chi connectivity index (χ2n) is 5.74. The highest BCUT2D eigenvalue weighted by Gasteiger charge is 2.37. The molecule has 3 N–H and O–H groups in total. The van der Waals surface area contributed by atoms with Gasteiger partial charge in [-0.1, -0.05) is 18.2 Å². The van der Waals surface area contributed by atoms with Crippen molar-refractivity contribution in [2.24, 2.45) is 0 Å². The van der Waals surface area contributed by atoms with Crippen molar-refractivity contribution >= 4 is 44.3 Å². The van der Waals surface area contributed by atoms with E-state index in [9.17, 15) is 22.7 Å². The van der Waals surface area contributed by atoms with Gasteiger partial charge in [0.15, 0.2) is 5.82 Å². The number of fused-ring (bicyclic) bond motifs is 1. The maximum atomic E-state index is 14.5. The van der Waals surface area contributed by atoms with Gasteiger partial charge in [0.05, 0.1) is 5.52 Å². The van der Waals surface area contributed by atoms with Crippen LogP contribution in [0.15, 0.2) is 42.6 Å². The molecule has 1 aromatic heterocycles. The van der Waals surface area contributed by atoms with Crippen molar-refractivity contribution in [2.75, 3.05) is 16.2 Å². The van der Waals surface area contributed by atoms with Gasteiger partial charge >= 0.3 is 10.2 Å². The molecule has 4 rings (SSSR count). The Balaban J connectivity index is 1.68. The van der Waals surface area contributed by atoms with E-state index in [4.69, 9.17) is 0 Å². The van der Waals surface area contributed by atoms with Crippen molar-refractivity contribution in [3.63, 3.8) is 0 Å². The summed E-state index contributed by atoms with van der Waals surface area (Å²) in [4.78, 5) is 19.7. The SMILES string of the molecule is O=C1CN(c2c(O)cc(Nc3ncc4ccccc4n3)cc2F)S(=O)(=O)N1. The predicted octanol–water partition coefficient (Wildman–Crippen LogP) is 1.40. The van der Waals surface area contributed by atoms with Crippen LogP contribution in [0.2, 0.25) is 0 Å². The third-order valence-corrected chi connectivity index (χ3v) is 5.24. The van der Waals surface area contributed by atoms with Crippen molar-refractivity contribution in [1.29, 1.82) is 0 Å². The largest absolute Gasteiger partial charge is 0.506 e. The number of phenolic OH excluding ortho intramolecular Hbond substituents is 1. The highest BCUT2D eigenvalue weighted by Crippen LogP contribution is 2.36. The Morgan fingerprint density at radius 2 is 2.04 bits per heavy atom. The van der Waals surface area contributed by atoms with E-state index in [2.05, 4.69) is 15.3 Å². The molecule has 0 aliphatic carbocycles. The summed E-state index contributed by atoms with van der Waals surface area (Å²) in [6.45, 7) is -0.618. The number of aromatic nitrogens is 2. The van der Waals surface area contributed by atoms with Gasteiger partial charge < -0.3 is 10.4 Å². The molecule has 1 aliphatic heterocycles. The molecule has 1 aliphatic rings. The van der Waals surface area contributed by atoms with Gasteiger partial charge in [0.25, 0.3) is 5.91 Å². The van der Waals surface area contributed by atoms with Crippen LogP contribution in [0.3, 0.4) is 0 Å². The van der Waals surface area contributed by atoms with Crippen LogP contribution in [0.1, 0.15) is 0 Å². The topological polar surface area (TPSA) is 125 Å². The Kier molecular flexibility index (Phi) is 3.81. The van der Waals surface area contributed by atoms with Crippen LogP contribution in [0.25, 0.3) is 10.9 Å². The zero-order valence-corrected chi connectivity index (χ0v) is 14.4.